The second kappa shape index (κ2) is 7.90. The average molecular weight is 396 g/mol. The number of rotatable bonds is 4. The molecule has 0 atom stereocenters. The number of halogens is 3. The predicted octanol–water partition coefficient (Wildman–Crippen LogP) is 2.41. The van der Waals surface area contributed by atoms with Crippen molar-refractivity contribution in [3.8, 4) is 0 Å². The maximum Gasteiger partial charge on any atom is 0.416 e. The Balaban J connectivity index is 1.96. The van der Waals surface area contributed by atoms with Crippen LogP contribution >= 0.6 is 0 Å². The van der Waals surface area contributed by atoms with Gasteiger partial charge in [0.15, 0.2) is 0 Å². The number of fused-ring (bicyclic) bond motifs is 1. The van der Waals surface area contributed by atoms with Crippen LogP contribution in [-0.2, 0) is 17.5 Å². The van der Waals surface area contributed by atoms with Gasteiger partial charge in [0.1, 0.15) is 6.54 Å². The standard InChI is InChI=1S/C19H23F3N4O2/c1-11(2)17-15-9-12(19(20,21)22)3-4-14(15)18(28)26(25-17)10-16(27)24-13-5-7-23-8-6-13/h3-4,9,11,13,23H,5-8,10H2,1-2H3,(H,24,27). The summed E-state index contributed by atoms with van der Waals surface area (Å²) in [4.78, 5) is 25.1. The van der Waals surface area contributed by atoms with Gasteiger partial charge in [0.2, 0.25) is 5.91 Å². The van der Waals surface area contributed by atoms with Crippen molar-refractivity contribution in [3.63, 3.8) is 0 Å². The Morgan fingerprint density at radius 1 is 1.29 bits per heavy atom. The summed E-state index contributed by atoms with van der Waals surface area (Å²) >= 11 is 0. The van der Waals surface area contributed by atoms with Gasteiger partial charge in [-0.25, -0.2) is 4.68 Å². The maximum absolute atomic E-state index is 13.1. The second-order valence-corrected chi connectivity index (χ2v) is 7.35. The van der Waals surface area contributed by atoms with E-state index < -0.39 is 17.3 Å². The Labute approximate surface area is 160 Å². The van der Waals surface area contributed by atoms with E-state index in [4.69, 9.17) is 0 Å². The van der Waals surface area contributed by atoms with E-state index in [1.165, 1.54) is 0 Å². The van der Waals surface area contributed by atoms with E-state index in [1.54, 1.807) is 13.8 Å². The maximum atomic E-state index is 13.1. The number of carbonyl (C=O) groups excluding carboxylic acids is 1. The first-order valence-corrected chi connectivity index (χ1v) is 9.29. The molecule has 1 amide bonds. The Bertz CT molecular complexity index is 931. The van der Waals surface area contributed by atoms with Crippen molar-refractivity contribution >= 4 is 16.7 Å². The summed E-state index contributed by atoms with van der Waals surface area (Å²) in [6, 6.07) is 3.05. The zero-order chi connectivity index (χ0) is 20.5. The van der Waals surface area contributed by atoms with Gasteiger partial charge in [-0.05, 0) is 50.0 Å². The zero-order valence-electron chi connectivity index (χ0n) is 15.8. The van der Waals surface area contributed by atoms with E-state index in [9.17, 15) is 22.8 Å². The molecule has 6 nitrogen and oxygen atoms in total. The van der Waals surface area contributed by atoms with E-state index in [1.807, 2.05) is 0 Å². The smallest absolute Gasteiger partial charge is 0.352 e. The van der Waals surface area contributed by atoms with Gasteiger partial charge in [-0.15, -0.1) is 0 Å². The molecule has 152 valence electrons. The Hall–Kier alpha value is -2.42. The van der Waals surface area contributed by atoms with Crippen LogP contribution in [0.1, 0.15) is 43.9 Å². The lowest BCUT2D eigenvalue weighted by Gasteiger charge is -2.23. The monoisotopic (exact) mass is 396 g/mol. The minimum Gasteiger partial charge on any atom is -0.352 e. The van der Waals surface area contributed by atoms with Crippen LogP contribution in [0, 0.1) is 0 Å². The third-order valence-corrected chi connectivity index (χ3v) is 4.86. The molecular weight excluding hydrogens is 373 g/mol. The number of piperidine rings is 1. The number of aromatic nitrogens is 2. The molecule has 1 aromatic heterocycles. The molecule has 0 bridgehead atoms. The molecule has 2 heterocycles. The van der Waals surface area contributed by atoms with Crippen LogP contribution in [0.15, 0.2) is 23.0 Å². The number of nitrogens with one attached hydrogen (secondary N) is 2. The number of hydrogen-bond acceptors (Lipinski definition) is 4. The summed E-state index contributed by atoms with van der Waals surface area (Å²) in [5.74, 6) is -0.548. The topological polar surface area (TPSA) is 76.0 Å². The minimum atomic E-state index is -4.51. The molecule has 28 heavy (non-hydrogen) atoms. The minimum absolute atomic E-state index is 0.0452. The summed E-state index contributed by atoms with van der Waals surface area (Å²) in [6.07, 6.45) is -2.89. The van der Waals surface area contributed by atoms with Crippen LogP contribution in [0.4, 0.5) is 13.2 Å². The molecular formula is C19H23F3N4O2. The van der Waals surface area contributed by atoms with Crippen LogP contribution in [0.3, 0.4) is 0 Å². The second-order valence-electron chi connectivity index (χ2n) is 7.35. The van der Waals surface area contributed by atoms with Gasteiger partial charge >= 0.3 is 6.18 Å². The van der Waals surface area contributed by atoms with Crippen LogP contribution in [0.2, 0.25) is 0 Å². The third-order valence-electron chi connectivity index (χ3n) is 4.86. The first kappa shape index (κ1) is 20.3. The predicted molar refractivity (Wildman–Crippen MR) is 99.1 cm³/mol. The number of benzene rings is 1. The van der Waals surface area contributed by atoms with Gasteiger partial charge in [-0.2, -0.15) is 18.3 Å². The van der Waals surface area contributed by atoms with Gasteiger partial charge in [-0.3, -0.25) is 9.59 Å². The highest BCUT2D eigenvalue weighted by atomic mass is 19.4. The largest absolute Gasteiger partial charge is 0.416 e. The fourth-order valence-corrected chi connectivity index (χ4v) is 3.40. The van der Waals surface area contributed by atoms with Crippen molar-refractivity contribution < 1.29 is 18.0 Å². The molecule has 0 aliphatic carbocycles. The number of hydrogen-bond donors (Lipinski definition) is 2. The lowest BCUT2D eigenvalue weighted by atomic mass is 10.0. The molecule has 2 aromatic rings. The fourth-order valence-electron chi connectivity index (χ4n) is 3.40. The van der Waals surface area contributed by atoms with E-state index in [0.717, 1.165) is 48.8 Å². The molecule has 0 radical (unpaired) electrons. The Morgan fingerprint density at radius 3 is 2.57 bits per heavy atom. The molecule has 1 saturated heterocycles. The van der Waals surface area contributed by atoms with Crippen LogP contribution in [0.5, 0.6) is 0 Å². The Morgan fingerprint density at radius 2 is 1.96 bits per heavy atom. The van der Waals surface area contributed by atoms with Crippen molar-refractivity contribution in [2.75, 3.05) is 13.1 Å². The molecule has 1 fully saturated rings. The number of nitrogens with zero attached hydrogens (tertiary/aromatic N) is 2. The van der Waals surface area contributed by atoms with E-state index in [0.29, 0.717) is 5.69 Å². The highest BCUT2D eigenvalue weighted by Gasteiger charge is 2.31. The van der Waals surface area contributed by atoms with Gasteiger partial charge in [0.05, 0.1) is 16.6 Å². The number of amides is 1. The summed E-state index contributed by atoms with van der Waals surface area (Å²) in [5, 5.41) is 10.6. The van der Waals surface area contributed by atoms with Crippen molar-refractivity contribution in [2.45, 2.75) is 51.4 Å². The highest BCUT2D eigenvalue weighted by molar-refractivity contribution is 5.85. The van der Waals surface area contributed by atoms with Gasteiger partial charge in [0.25, 0.3) is 5.56 Å². The Kier molecular flexibility index (Phi) is 5.74. The van der Waals surface area contributed by atoms with Crippen LogP contribution in [-0.4, -0.2) is 34.8 Å². The first-order chi connectivity index (χ1) is 13.2. The van der Waals surface area contributed by atoms with E-state index >= 15 is 0 Å². The molecule has 3 rings (SSSR count). The molecule has 0 unspecified atom stereocenters. The van der Waals surface area contributed by atoms with Crippen molar-refractivity contribution in [3.05, 3.63) is 39.8 Å². The lowest BCUT2D eigenvalue weighted by molar-refractivity contribution is -0.137. The number of carbonyl (C=O) groups is 1. The first-order valence-electron chi connectivity index (χ1n) is 9.29. The van der Waals surface area contributed by atoms with Crippen LogP contribution < -0.4 is 16.2 Å². The number of alkyl halides is 3. The third kappa shape index (κ3) is 4.35. The van der Waals surface area contributed by atoms with Crippen molar-refractivity contribution in [2.24, 2.45) is 0 Å². The SMILES string of the molecule is CC(C)c1nn(CC(=O)NC2CCNCC2)c(=O)c2ccc(C(F)(F)F)cc12. The van der Waals surface area contributed by atoms with E-state index in [2.05, 4.69) is 15.7 Å². The van der Waals surface area contributed by atoms with Gasteiger partial charge in [-0.1, -0.05) is 13.8 Å². The molecule has 1 aromatic carbocycles. The average Bonchev–Trinajstić information content (AvgIpc) is 2.63. The highest BCUT2D eigenvalue weighted by Crippen LogP contribution is 2.32. The summed E-state index contributed by atoms with van der Waals surface area (Å²) < 4.78 is 40.2. The van der Waals surface area contributed by atoms with Gasteiger partial charge in [0, 0.05) is 11.4 Å². The molecule has 9 heteroatoms. The fraction of sp³-hybridized carbons (Fsp3) is 0.526. The molecule has 2 N–H and O–H groups in total. The summed E-state index contributed by atoms with van der Waals surface area (Å²) in [6.45, 7) is 4.94. The van der Waals surface area contributed by atoms with Crippen molar-refractivity contribution in [1.29, 1.82) is 0 Å². The molecule has 0 saturated carbocycles. The van der Waals surface area contributed by atoms with E-state index in [-0.39, 0.29) is 35.2 Å². The van der Waals surface area contributed by atoms with Crippen molar-refractivity contribution in [1.82, 2.24) is 20.4 Å². The molecule has 1 aliphatic heterocycles. The van der Waals surface area contributed by atoms with Gasteiger partial charge < -0.3 is 10.6 Å². The zero-order valence-corrected chi connectivity index (χ0v) is 15.8. The van der Waals surface area contributed by atoms with Crippen LogP contribution in [0.25, 0.3) is 10.8 Å². The normalized spacial score (nSPS) is 15.9. The molecule has 0 spiro atoms. The summed E-state index contributed by atoms with van der Waals surface area (Å²) in [5.41, 5.74) is -1.05. The quantitative estimate of drug-likeness (QED) is 0.832. The summed E-state index contributed by atoms with van der Waals surface area (Å²) in [7, 11) is 0. The lowest BCUT2D eigenvalue weighted by Crippen LogP contribution is -2.45. The molecule has 1 aliphatic rings.